The summed E-state index contributed by atoms with van der Waals surface area (Å²) < 4.78 is 2.26. The van der Waals surface area contributed by atoms with Crippen molar-refractivity contribution in [3.8, 4) is 0 Å². The van der Waals surface area contributed by atoms with E-state index in [1.54, 1.807) is 0 Å². The standard InChI is InChI=1S/C14H21N3S/c1-3-8-17-9-7-16-14(17)13(15-4-2)11-12-6-5-10-18-12/h5-7,9-10,13,15H,3-4,8,11H2,1-2H3. The number of thiophene rings is 1. The first-order chi connectivity index (χ1) is 8.85. The summed E-state index contributed by atoms with van der Waals surface area (Å²) in [4.78, 5) is 5.95. The number of hydrogen-bond acceptors (Lipinski definition) is 3. The van der Waals surface area contributed by atoms with Crippen LogP contribution < -0.4 is 5.32 Å². The van der Waals surface area contributed by atoms with Crippen LogP contribution in [0, 0.1) is 0 Å². The average Bonchev–Trinajstić information content (AvgIpc) is 3.00. The van der Waals surface area contributed by atoms with Crippen molar-refractivity contribution in [3.05, 3.63) is 40.6 Å². The molecular weight excluding hydrogens is 242 g/mol. The quantitative estimate of drug-likeness (QED) is 0.831. The molecule has 2 aromatic heterocycles. The predicted molar refractivity (Wildman–Crippen MR) is 77.0 cm³/mol. The molecule has 1 N–H and O–H groups in total. The van der Waals surface area contributed by atoms with Gasteiger partial charge in [0, 0.05) is 30.2 Å². The van der Waals surface area contributed by atoms with Crippen molar-refractivity contribution in [3.63, 3.8) is 0 Å². The lowest BCUT2D eigenvalue weighted by molar-refractivity contribution is 0.490. The van der Waals surface area contributed by atoms with Gasteiger partial charge in [0.2, 0.25) is 0 Å². The Morgan fingerprint density at radius 3 is 3.00 bits per heavy atom. The number of rotatable bonds is 7. The summed E-state index contributed by atoms with van der Waals surface area (Å²) in [7, 11) is 0. The first-order valence-electron chi connectivity index (χ1n) is 6.62. The number of nitrogens with one attached hydrogen (secondary N) is 1. The number of aryl methyl sites for hydroxylation is 1. The van der Waals surface area contributed by atoms with Gasteiger partial charge in [-0.3, -0.25) is 0 Å². The topological polar surface area (TPSA) is 29.9 Å². The maximum atomic E-state index is 4.54. The zero-order valence-corrected chi connectivity index (χ0v) is 11.9. The third kappa shape index (κ3) is 3.21. The van der Waals surface area contributed by atoms with Crippen molar-refractivity contribution < 1.29 is 0 Å². The first-order valence-corrected chi connectivity index (χ1v) is 7.49. The molecule has 0 aromatic carbocycles. The molecule has 18 heavy (non-hydrogen) atoms. The summed E-state index contributed by atoms with van der Waals surface area (Å²) in [5.74, 6) is 1.16. The summed E-state index contributed by atoms with van der Waals surface area (Å²) in [6.45, 7) is 6.36. The van der Waals surface area contributed by atoms with E-state index in [0.29, 0.717) is 6.04 Å². The first kappa shape index (κ1) is 13.3. The van der Waals surface area contributed by atoms with Gasteiger partial charge < -0.3 is 9.88 Å². The predicted octanol–water partition coefficient (Wildman–Crippen LogP) is 3.25. The van der Waals surface area contributed by atoms with Crippen LogP contribution in [-0.2, 0) is 13.0 Å². The average molecular weight is 263 g/mol. The number of hydrogen-bond donors (Lipinski definition) is 1. The molecule has 0 saturated carbocycles. The largest absolute Gasteiger partial charge is 0.334 e. The minimum absolute atomic E-state index is 0.315. The van der Waals surface area contributed by atoms with Gasteiger partial charge in [-0.2, -0.15) is 0 Å². The Kier molecular flexibility index (Phi) is 4.96. The second-order valence-corrected chi connectivity index (χ2v) is 5.40. The van der Waals surface area contributed by atoms with E-state index in [1.807, 2.05) is 17.5 Å². The van der Waals surface area contributed by atoms with Crippen LogP contribution in [0.25, 0.3) is 0 Å². The number of nitrogens with zero attached hydrogens (tertiary/aromatic N) is 2. The van der Waals surface area contributed by atoms with Crippen molar-refractivity contribution >= 4 is 11.3 Å². The summed E-state index contributed by atoms with van der Waals surface area (Å²) >= 11 is 1.82. The molecule has 0 spiro atoms. The van der Waals surface area contributed by atoms with Gasteiger partial charge in [0.15, 0.2) is 0 Å². The maximum absolute atomic E-state index is 4.54. The molecule has 2 rings (SSSR count). The van der Waals surface area contributed by atoms with Crippen LogP contribution in [0.1, 0.15) is 37.0 Å². The van der Waals surface area contributed by atoms with Gasteiger partial charge in [0.05, 0.1) is 6.04 Å². The molecule has 0 fully saturated rings. The summed E-state index contributed by atoms with van der Waals surface area (Å²) in [6, 6.07) is 4.62. The second-order valence-electron chi connectivity index (χ2n) is 4.37. The van der Waals surface area contributed by atoms with E-state index in [-0.39, 0.29) is 0 Å². The van der Waals surface area contributed by atoms with E-state index in [9.17, 15) is 0 Å². The Bertz CT molecular complexity index is 447. The molecule has 98 valence electrons. The van der Waals surface area contributed by atoms with Crippen LogP contribution in [0.2, 0.25) is 0 Å². The van der Waals surface area contributed by atoms with Crippen LogP contribution >= 0.6 is 11.3 Å². The highest BCUT2D eigenvalue weighted by atomic mass is 32.1. The van der Waals surface area contributed by atoms with Crippen LogP contribution in [0.15, 0.2) is 29.9 Å². The van der Waals surface area contributed by atoms with E-state index >= 15 is 0 Å². The van der Waals surface area contributed by atoms with Gasteiger partial charge in [0.25, 0.3) is 0 Å². The van der Waals surface area contributed by atoms with Crippen molar-refractivity contribution in [2.45, 2.75) is 39.3 Å². The van der Waals surface area contributed by atoms with E-state index < -0.39 is 0 Å². The Morgan fingerprint density at radius 2 is 2.33 bits per heavy atom. The molecular formula is C14H21N3S. The maximum Gasteiger partial charge on any atom is 0.126 e. The molecule has 0 amide bonds. The molecule has 0 bridgehead atoms. The Labute approximate surface area is 113 Å². The molecule has 0 aliphatic rings. The molecule has 1 atom stereocenters. The SMILES string of the molecule is CCCn1ccnc1C(Cc1cccs1)NCC. The molecule has 3 nitrogen and oxygen atoms in total. The molecule has 0 aliphatic heterocycles. The van der Waals surface area contributed by atoms with Gasteiger partial charge in [-0.25, -0.2) is 4.98 Å². The molecule has 1 unspecified atom stereocenters. The molecule has 2 aromatic rings. The summed E-state index contributed by atoms with van der Waals surface area (Å²) in [6.07, 6.45) is 6.15. The lowest BCUT2D eigenvalue weighted by Gasteiger charge is -2.18. The normalized spacial score (nSPS) is 12.8. The summed E-state index contributed by atoms with van der Waals surface area (Å²) in [5.41, 5.74) is 0. The van der Waals surface area contributed by atoms with Gasteiger partial charge in [0.1, 0.15) is 5.82 Å². The van der Waals surface area contributed by atoms with E-state index in [1.165, 1.54) is 4.88 Å². The minimum atomic E-state index is 0.315. The zero-order valence-electron chi connectivity index (χ0n) is 11.1. The van der Waals surface area contributed by atoms with Crippen LogP contribution in [0.3, 0.4) is 0 Å². The molecule has 4 heteroatoms. The van der Waals surface area contributed by atoms with Crippen LogP contribution in [0.5, 0.6) is 0 Å². The van der Waals surface area contributed by atoms with Crippen molar-refractivity contribution in [1.82, 2.24) is 14.9 Å². The van der Waals surface area contributed by atoms with Crippen molar-refractivity contribution in [2.75, 3.05) is 6.54 Å². The van der Waals surface area contributed by atoms with E-state index in [4.69, 9.17) is 0 Å². The highest BCUT2D eigenvalue weighted by molar-refractivity contribution is 7.09. The van der Waals surface area contributed by atoms with Crippen molar-refractivity contribution in [1.29, 1.82) is 0 Å². The van der Waals surface area contributed by atoms with E-state index in [0.717, 1.165) is 31.8 Å². The summed E-state index contributed by atoms with van der Waals surface area (Å²) in [5, 5.41) is 5.68. The van der Waals surface area contributed by atoms with Gasteiger partial charge in [-0.15, -0.1) is 11.3 Å². The van der Waals surface area contributed by atoms with Gasteiger partial charge in [-0.05, 0) is 24.4 Å². The highest BCUT2D eigenvalue weighted by Gasteiger charge is 2.16. The Hall–Kier alpha value is -1.13. The van der Waals surface area contributed by atoms with Gasteiger partial charge in [-0.1, -0.05) is 19.9 Å². The minimum Gasteiger partial charge on any atom is -0.334 e. The lowest BCUT2D eigenvalue weighted by Crippen LogP contribution is -2.26. The fourth-order valence-electron chi connectivity index (χ4n) is 2.19. The molecule has 0 saturated heterocycles. The third-order valence-corrected chi connectivity index (χ3v) is 3.86. The van der Waals surface area contributed by atoms with Crippen molar-refractivity contribution in [2.24, 2.45) is 0 Å². The lowest BCUT2D eigenvalue weighted by atomic mass is 10.1. The Balaban J connectivity index is 2.15. The fraction of sp³-hybridized carbons (Fsp3) is 0.500. The van der Waals surface area contributed by atoms with Gasteiger partial charge >= 0.3 is 0 Å². The highest BCUT2D eigenvalue weighted by Crippen LogP contribution is 2.20. The molecule has 0 aliphatic carbocycles. The Morgan fingerprint density at radius 1 is 1.44 bits per heavy atom. The van der Waals surface area contributed by atoms with Crippen LogP contribution in [-0.4, -0.2) is 16.1 Å². The number of likely N-dealkylation sites (N-methyl/N-ethyl adjacent to an activating group) is 1. The number of aromatic nitrogens is 2. The fourth-order valence-corrected chi connectivity index (χ4v) is 2.94. The molecule has 0 radical (unpaired) electrons. The smallest absolute Gasteiger partial charge is 0.126 e. The second kappa shape index (κ2) is 6.71. The number of imidazole rings is 1. The third-order valence-electron chi connectivity index (χ3n) is 2.96. The zero-order chi connectivity index (χ0) is 12.8. The van der Waals surface area contributed by atoms with Crippen LogP contribution in [0.4, 0.5) is 0 Å². The van der Waals surface area contributed by atoms with E-state index in [2.05, 4.69) is 52.4 Å². The molecule has 2 heterocycles. The monoisotopic (exact) mass is 263 g/mol.